The zero-order valence-corrected chi connectivity index (χ0v) is 14.1. The van der Waals surface area contributed by atoms with Crippen LogP contribution < -0.4 is 10.1 Å². The second-order valence-electron chi connectivity index (χ2n) is 5.25. The molecule has 0 fully saturated rings. The number of ether oxygens (including phenoxy) is 1. The summed E-state index contributed by atoms with van der Waals surface area (Å²) in [6.07, 6.45) is 1.17. The number of hydrogen-bond acceptors (Lipinski definition) is 7. The van der Waals surface area contributed by atoms with Crippen LogP contribution in [0.4, 0.5) is 5.82 Å². The van der Waals surface area contributed by atoms with E-state index in [1.54, 1.807) is 16.6 Å². The lowest BCUT2D eigenvalue weighted by molar-refractivity contribution is 0.332. The van der Waals surface area contributed by atoms with Crippen molar-refractivity contribution in [3.05, 3.63) is 42.2 Å². The van der Waals surface area contributed by atoms with E-state index in [0.29, 0.717) is 30.4 Å². The Hall–Kier alpha value is -2.68. The lowest BCUT2D eigenvalue weighted by atomic mass is 10.3. The summed E-state index contributed by atoms with van der Waals surface area (Å²) in [5, 5.41) is 15.5. The fourth-order valence-electron chi connectivity index (χ4n) is 2.12. The molecule has 0 radical (unpaired) electrons. The molecule has 24 heavy (non-hydrogen) atoms. The Balaban J connectivity index is 1.53. The van der Waals surface area contributed by atoms with Gasteiger partial charge in [-0.15, -0.1) is 15.3 Å². The third kappa shape index (κ3) is 3.62. The fourth-order valence-corrected chi connectivity index (χ4v) is 2.75. The smallest absolute Gasteiger partial charge is 0.178 e. The van der Waals surface area contributed by atoms with Gasteiger partial charge in [-0.2, -0.15) is 4.52 Å². The molecular weight excluding hydrogens is 330 g/mol. The lowest BCUT2D eigenvalue weighted by Crippen LogP contribution is -2.13. The number of hydrogen-bond donors (Lipinski definition) is 1. The van der Waals surface area contributed by atoms with Crippen LogP contribution in [0.3, 0.4) is 0 Å². The molecule has 0 atom stereocenters. The highest BCUT2D eigenvalue weighted by Gasteiger charge is 2.06. The molecule has 0 aliphatic carbocycles. The maximum atomic E-state index is 11.4. The fraction of sp³-hybridized carbons (Fsp3) is 0.267. The number of aryl methyl sites for hydroxylation is 1. The van der Waals surface area contributed by atoms with Crippen molar-refractivity contribution in [2.45, 2.75) is 11.8 Å². The molecule has 0 aliphatic rings. The van der Waals surface area contributed by atoms with Crippen LogP contribution in [0.25, 0.3) is 5.65 Å². The number of anilines is 1. The first kappa shape index (κ1) is 16.2. The Labute approximate surface area is 139 Å². The van der Waals surface area contributed by atoms with Crippen molar-refractivity contribution in [2.24, 2.45) is 0 Å². The van der Waals surface area contributed by atoms with Crippen LogP contribution in [0.5, 0.6) is 5.75 Å². The van der Waals surface area contributed by atoms with E-state index in [1.807, 2.05) is 19.1 Å². The summed E-state index contributed by atoms with van der Waals surface area (Å²) in [4.78, 5) is 0.273. The van der Waals surface area contributed by atoms with E-state index in [9.17, 15) is 8.42 Å². The van der Waals surface area contributed by atoms with Gasteiger partial charge in [-0.1, -0.05) is 0 Å². The van der Waals surface area contributed by atoms with Crippen molar-refractivity contribution in [3.8, 4) is 5.75 Å². The van der Waals surface area contributed by atoms with Crippen LogP contribution in [-0.2, 0) is 9.84 Å². The first-order valence-electron chi connectivity index (χ1n) is 7.29. The van der Waals surface area contributed by atoms with Crippen LogP contribution in [0.15, 0.2) is 41.3 Å². The third-order valence-corrected chi connectivity index (χ3v) is 4.48. The molecule has 0 aliphatic heterocycles. The zero-order chi connectivity index (χ0) is 17.2. The van der Waals surface area contributed by atoms with Crippen molar-refractivity contribution in [3.63, 3.8) is 0 Å². The summed E-state index contributed by atoms with van der Waals surface area (Å²) in [6.45, 7) is 2.80. The molecule has 0 amide bonds. The van der Waals surface area contributed by atoms with Gasteiger partial charge in [0.15, 0.2) is 21.3 Å². The molecule has 0 bridgehead atoms. The van der Waals surface area contributed by atoms with Crippen molar-refractivity contribution < 1.29 is 13.2 Å². The van der Waals surface area contributed by atoms with E-state index in [-0.39, 0.29) is 4.90 Å². The lowest BCUT2D eigenvalue weighted by Gasteiger charge is -2.08. The molecule has 126 valence electrons. The minimum absolute atomic E-state index is 0.273. The minimum atomic E-state index is -3.19. The average Bonchev–Trinajstić information content (AvgIpc) is 2.92. The molecule has 3 aromatic rings. The zero-order valence-electron chi connectivity index (χ0n) is 13.3. The minimum Gasteiger partial charge on any atom is -0.492 e. The number of nitrogens with zero attached hydrogens (tertiary/aromatic N) is 4. The van der Waals surface area contributed by atoms with Crippen molar-refractivity contribution in [2.75, 3.05) is 24.7 Å². The van der Waals surface area contributed by atoms with Crippen molar-refractivity contribution in [1.82, 2.24) is 19.8 Å². The highest BCUT2D eigenvalue weighted by molar-refractivity contribution is 7.90. The van der Waals surface area contributed by atoms with E-state index in [1.165, 1.54) is 18.4 Å². The summed E-state index contributed by atoms with van der Waals surface area (Å²) >= 11 is 0. The number of rotatable bonds is 6. The summed E-state index contributed by atoms with van der Waals surface area (Å²) in [5.41, 5.74) is 0.695. The Morgan fingerprint density at radius 1 is 1.12 bits per heavy atom. The number of benzene rings is 1. The Morgan fingerprint density at radius 2 is 1.88 bits per heavy atom. The third-order valence-electron chi connectivity index (χ3n) is 3.35. The molecule has 0 saturated heterocycles. The number of aromatic nitrogens is 4. The summed E-state index contributed by atoms with van der Waals surface area (Å²) in [5.74, 6) is 2.03. The molecule has 2 aromatic heterocycles. The Morgan fingerprint density at radius 3 is 2.58 bits per heavy atom. The van der Waals surface area contributed by atoms with Gasteiger partial charge in [0.2, 0.25) is 0 Å². The molecular formula is C15H17N5O3S. The normalized spacial score (nSPS) is 11.6. The van der Waals surface area contributed by atoms with E-state index < -0.39 is 9.84 Å². The molecule has 1 aromatic carbocycles. The molecule has 1 N–H and O–H groups in total. The van der Waals surface area contributed by atoms with E-state index >= 15 is 0 Å². The van der Waals surface area contributed by atoms with Gasteiger partial charge in [0.1, 0.15) is 18.2 Å². The predicted molar refractivity (Wildman–Crippen MR) is 89.1 cm³/mol. The van der Waals surface area contributed by atoms with E-state index in [0.717, 1.165) is 5.82 Å². The van der Waals surface area contributed by atoms with E-state index in [2.05, 4.69) is 20.6 Å². The predicted octanol–water partition coefficient (Wildman–Crippen LogP) is 1.33. The van der Waals surface area contributed by atoms with Gasteiger partial charge in [-0.05, 0) is 43.3 Å². The van der Waals surface area contributed by atoms with Gasteiger partial charge in [0.25, 0.3) is 0 Å². The standard InChI is InChI=1S/C15H17N5O3S/c1-11-17-18-15-8-7-14(19-20(11)15)16-9-10-23-12-3-5-13(6-4-12)24(2,21)22/h3-8H,9-10H2,1-2H3,(H,16,19). The Kier molecular flexibility index (Phi) is 4.34. The molecule has 9 heteroatoms. The maximum Gasteiger partial charge on any atom is 0.178 e. The van der Waals surface area contributed by atoms with Gasteiger partial charge in [0, 0.05) is 6.26 Å². The molecule has 3 rings (SSSR count). The highest BCUT2D eigenvalue weighted by Crippen LogP contribution is 2.15. The highest BCUT2D eigenvalue weighted by atomic mass is 32.2. The van der Waals surface area contributed by atoms with Gasteiger partial charge in [-0.3, -0.25) is 0 Å². The monoisotopic (exact) mass is 347 g/mol. The second kappa shape index (κ2) is 6.44. The van der Waals surface area contributed by atoms with Crippen LogP contribution in [-0.4, -0.2) is 47.6 Å². The van der Waals surface area contributed by atoms with Gasteiger partial charge in [0.05, 0.1) is 11.4 Å². The van der Waals surface area contributed by atoms with Gasteiger partial charge >= 0.3 is 0 Å². The summed E-state index contributed by atoms with van der Waals surface area (Å²) in [6, 6.07) is 10.00. The SMILES string of the molecule is Cc1nnc2ccc(NCCOc3ccc(S(C)(=O)=O)cc3)nn12. The first-order valence-corrected chi connectivity index (χ1v) is 9.18. The molecule has 0 spiro atoms. The molecule has 2 heterocycles. The van der Waals surface area contributed by atoms with Crippen molar-refractivity contribution in [1.29, 1.82) is 0 Å². The second-order valence-corrected chi connectivity index (χ2v) is 7.27. The Bertz CT molecular complexity index is 951. The largest absolute Gasteiger partial charge is 0.492 e. The molecule has 8 nitrogen and oxygen atoms in total. The molecule has 0 saturated carbocycles. The quantitative estimate of drug-likeness (QED) is 0.672. The van der Waals surface area contributed by atoms with Crippen LogP contribution in [0.2, 0.25) is 0 Å². The number of nitrogens with one attached hydrogen (secondary N) is 1. The van der Waals surface area contributed by atoms with E-state index in [4.69, 9.17) is 4.74 Å². The number of fused-ring (bicyclic) bond motifs is 1. The summed E-state index contributed by atoms with van der Waals surface area (Å²) in [7, 11) is -3.19. The maximum absolute atomic E-state index is 11.4. The van der Waals surface area contributed by atoms with Crippen LogP contribution >= 0.6 is 0 Å². The van der Waals surface area contributed by atoms with Gasteiger partial charge in [-0.25, -0.2) is 8.42 Å². The average molecular weight is 347 g/mol. The first-order chi connectivity index (χ1) is 11.4. The van der Waals surface area contributed by atoms with Crippen LogP contribution in [0.1, 0.15) is 5.82 Å². The summed E-state index contributed by atoms with van der Waals surface area (Å²) < 4.78 is 30.0. The molecule has 0 unspecified atom stereocenters. The van der Waals surface area contributed by atoms with Crippen molar-refractivity contribution >= 4 is 21.3 Å². The van der Waals surface area contributed by atoms with Crippen LogP contribution in [0, 0.1) is 6.92 Å². The topological polar surface area (TPSA) is 98.5 Å². The van der Waals surface area contributed by atoms with Gasteiger partial charge < -0.3 is 10.1 Å². The number of sulfone groups is 1.